The molecule has 3 rings (SSSR count). The van der Waals surface area contributed by atoms with Gasteiger partial charge in [-0.1, -0.05) is 29.8 Å². The van der Waals surface area contributed by atoms with E-state index in [-0.39, 0.29) is 5.91 Å². The van der Waals surface area contributed by atoms with E-state index >= 15 is 0 Å². The maximum Gasteiger partial charge on any atom is 0.343 e. The van der Waals surface area contributed by atoms with Crippen LogP contribution in [0.15, 0.2) is 77.9 Å². The predicted molar refractivity (Wildman–Crippen MR) is 117 cm³/mol. The number of hydrazone groups is 1. The van der Waals surface area contributed by atoms with Gasteiger partial charge < -0.3 is 4.74 Å². The third-order valence-corrected chi connectivity index (χ3v) is 4.58. The van der Waals surface area contributed by atoms with E-state index in [0.717, 1.165) is 3.57 Å². The third-order valence-electron chi connectivity index (χ3n) is 3.66. The van der Waals surface area contributed by atoms with Crippen molar-refractivity contribution in [2.75, 3.05) is 0 Å². The number of hydrogen-bond donors (Lipinski definition) is 1. The second-order valence-corrected chi connectivity index (χ2v) is 7.33. The fraction of sp³-hybridized carbons (Fsp3) is 0. The summed E-state index contributed by atoms with van der Waals surface area (Å²) in [5, 5.41) is 4.50. The number of halogens is 2. The van der Waals surface area contributed by atoms with Crippen LogP contribution in [-0.2, 0) is 0 Å². The number of benzene rings is 3. The van der Waals surface area contributed by atoms with Gasteiger partial charge in [0.25, 0.3) is 5.91 Å². The molecule has 0 heterocycles. The van der Waals surface area contributed by atoms with Crippen LogP contribution < -0.4 is 10.2 Å². The number of nitrogens with one attached hydrogen (secondary N) is 1. The Balaban J connectivity index is 1.69. The zero-order valence-electron chi connectivity index (χ0n) is 14.4. The Morgan fingerprint density at radius 2 is 1.71 bits per heavy atom. The van der Waals surface area contributed by atoms with Crippen molar-refractivity contribution in [3.63, 3.8) is 0 Å². The molecule has 0 saturated heterocycles. The lowest BCUT2D eigenvalue weighted by molar-refractivity contribution is 0.0734. The first kappa shape index (κ1) is 20.0. The van der Waals surface area contributed by atoms with Crippen LogP contribution in [0.4, 0.5) is 0 Å². The molecule has 0 unspecified atom stereocenters. The van der Waals surface area contributed by atoms with Gasteiger partial charge in [0.1, 0.15) is 5.75 Å². The van der Waals surface area contributed by atoms with Gasteiger partial charge in [-0.2, -0.15) is 5.10 Å². The van der Waals surface area contributed by atoms with Crippen LogP contribution >= 0.6 is 34.2 Å². The molecular weight excluding hydrogens is 491 g/mol. The van der Waals surface area contributed by atoms with Crippen molar-refractivity contribution >= 4 is 52.3 Å². The van der Waals surface area contributed by atoms with Crippen LogP contribution in [0.2, 0.25) is 5.02 Å². The highest BCUT2D eigenvalue weighted by Gasteiger charge is 2.11. The van der Waals surface area contributed by atoms with Crippen LogP contribution in [0.1, 0.15) is 26.3 Å². The molecule has 3 aromatic rings. The van der Waals surface area contributed by atoms with Gasteiger partial charge in [0.2, 0.25) is 0 Å². The predicted octanol–water partition coefficient (Wildman–Crippen LogP) is 4.93. The maximum atomic E-state index is 12.3. The van der Waals surface area contributed by atoms with Crippen molar-refractivity contribution in [1.82, 2.24) is 5.43 Å². The van der Waals surface area contributed by atoms with Crippen LogP contribution in [0.5, 0.6) is 5.75 Å². The van der Waals surface area contributed by atoms with Gasteiger partial charge in [0.15, 0.2) is 0 Å². The largest absolute Gasteiger partial charge is 0.422 e. The second kappa shape index (κ2) is 9.48. The Kier molecular flexibility index (Phi) is 6.78. The number of carbonyl (C=O) groups excluding carboxylic acids is 2. The van der Waals surface area contributed by atoms with Crippen LogP contribution in [0.25, 0.3) is 0 Å². The fourth-order valence-corrected chi connectivity index (χ4v) is 2.95. The fourth-order valence-electron chi connectivity index (χ4n) is 2.28. The van der Waals surface area contributed by atoms with E-state index in [1.807, 2.05) is 6.07 Å². The third kappa shape index (κ3) is 5.40. The van der Waals surface area contributed by atoms with Gasteiger partial charge in [-0.3, -0.25) is 4.79 Å². The summed E-state index contributed by atoms with van der Waals surface area (Å²) in [6.45, 7) is 0. The molecule has 28 heavy (non-hydrogen) atoms. The lowest BCUT2D eigenvalue weighted by Gasteiger charge is -2.07. The average molecular weight is 505 g/mol. The lowest BCUT2D eigenvalue weighted by Crippen LogP contribution is -2.17. The molecule has 0 aliphatic heterocycles. The number of hydrogen-bond acceptors (Lipinski definition) is 4. The molecule has 1 amide bonds. The minimum atomic E-state index is -0.514. The Morgan fingerprint density at radius 3 is 2.46 bits per heavy atom. The van der Waals surface area contributed by atoms with Crippen LogP contribution in [0.3, 0.4) is 0 Å². The SMILES string of the molecule is O=C(N/N=C\c1ccccc1OC(=O)c1ccc(Cl)cc1)c1cccc(I)c1. The van der Waals surface area contributed by atoms with Crippen molar-refractivity contribution in [2.24, 2.45) is 5.10 Å². The first-order chi connectivity index (χ1) is 13.5. The Labute approximate surface area is 180 Å². The number of nitrogens with zero attached hydrogens (tertiary/aromatic N) is 1. The summed E-state index contributed by atoms with van der Waals surface area (Å²) >= 11 is 7.97. The van der Waals surface area contributed by atoms with E-state index in [0.29, 0.717) is 27.5 Å². The summed E-state index contributed by atoms with van der Waals surface area (Å²) in [6, 6.07) is 20.5. The minimum Gasteiger partial charge on any atom is -0.422 e. The molecule has 0 atom stereocenters. The van der Waals surface area contributed by atoms with Gasteiger partial charge in [-0.05, 0) is 77.2 Å². The van der Waals surface area contributed by atoms with Gasteiger partial charge in [-0.15, -0.1) is 0 Å². The summed E-state index contributed by atoms with van der Waals surface area (Å²) in [5.74, 6) is -0.513. The summed E-state index contributed by atoms with van der Waals surface area (Å²) in [5.41, 5.74) is 3.90. The average Bonchev–Trinajstić information content (AvgIpc) is 2.69. The zero-order chi connectivity index (χ0) is 19.9. The van der Waals surface area contributed by atoms with E-state index in [1.165, 1.54) is 6.21 Å². The minimum absolute atomic E-state index is 0.328. The monoisotopic (exact) mass is 504 g/mol. The summed E-state index contributed by atoms with van der Waals surface area (Å²) in [6.07, 6.45) is 1.43. The molecule has 0 radical (unpaired) electrons. The van der Waals surface area contributed by atoms with Gasteiger partial charge in [-0.25, -0.2) is 10.2 Å². The van der Waals surface area contributed by atoms with Gasteiger partial charge in [0.05, 0.1) is 11.8 Å². The maximum absolute atomic E-state index is 12.3. The normalized spacial score (nSPS) is 10.6. The lowest BCUT2D eigenvalue weighted by atomic mass is 10.2. The summed E-state index contributed by atoms with van der Waals surface area (Å²) < 4.78 is 6.39. The van der Waals surface area contributed by atoms with Crippen molar-refractivity contribution < 1.29 is 14.3 Å². The number of esters is 1. The molecule has 3 aromatic carbocycles. The molecule has 0 fully saturated rings. The number of carbonyl (C=O) groups is 2. The van der Waals surface area contributed by atoms with Crippen molar-refractivity contribution in [2.45, 2.75) is 0 Å². The van der Waals surface area contributed by atoms with Gasteiger partial charge >= 0.3 is 5.97 Å². The smallest absolute Gasteiger partial charge is 0.343 e. The molecule has 7 heteroatoms. The molecule has 0 bridgehead atoms. The first-order valence-corrected chi connectivity index (χ1v) is 9.64. The highest BCUT2D eigenvalue weighted by atomic mass is 127. The molecular formula is C21H14ClIN2O3. The molecule has 0 aliphatic carbocycles. The molecule has 0 spiro atoms. The van der Waals surface area contributed by atoms with E-state index < -0.39 is 5.97 Å². The number of amides is 1. The Bertz CT molecular complexity index is 1040. The Morgan fingerprint density at radius 1 is 0.964 bits per heavy atom. The topological polar surface area (TPSA) is 67.8 Å². The summed E-state index contributed by atoms with van der Waals surface area (Å²) in [7, 11) is 0. The van der Waals surface area contributed by atoms with Crippen molar-refractivity contribution in [3.8, 4) is 5.75 Å². The Hall–Kier alpha value is -2.71. The molecule has 0 saturated carbocycles. The van der Waals surface area contributed by atoms with Crippen LogP contribution in [-0.4, -0.2) is 18.1 Å². The summed E-state index contributed by atoms with van der Waals surface area (Å²) in [4.78, 5) is 24.4. The molecule has 5 nitrogen and oxygen atoms in total. The van der Waals surface area contributed by atoms with Crippen LogP contribution in [0, 0.1) is 3.57 Å². The van der Waals surface area contributed by atoms with Crippen molar-refractivity contribution in [1.29, 1.82) is 0 Å². The van der Waals surface area contributed by atoms with E-state index in [4.69, 9.17) is 16.3 Å². The first-order valence-electron chi connectivity index (χ1n) is 8.19. The highest BCUT2D eigenvalue weighted by Crippen LogP contribution is 2.18. The highest BCUT2D eigenvalue weighted by molar-refractivity contribution is 14.1. The van der Waals surface area contributed by atoms with Gasteiger partial charge in [0, 0.05) is 19.7 Å². The second-order valence-electron chi connectivity index (χ2n) is 5.64. The molecule has 140 valence electrons. The number of ether oxygens (including phenoxy) is 1. The van der Waals surface area contributed by atoms with E-state index in [1.54, 1.807) is 66.7 Å². The zero-order valence-corrected chi connectivity index (χ0v) is 17.3. The van der Waals surface area contributed by atoms with Crippen molar-refractivity contribution in [3.05, 3.63) is 98.1 Å². The standard InChI is InChI=1S/C21H14ClIN2O3/c22-17-10-8-14(9-11-17)21(27)28-19-7-2-1-4-16(19)13-24-25-20(26)15-5-3-6-18(23)12-15/h1-13H,(H,25,26)/b24-13-. The van der Waals surface area contributed by atoms with E-state index in [2.05, 4.69) is 33.1 Å². The molecule has 0 aromatic heterocycles. The number of rotatable bonds is 5. The number of para-hydroxylation sites is 1. The molecule has 1 N–H and O–H groups in total. The van der Waals surface area contributed by atoms with E-state index in [9.17, 15) is 9.59 Å². The molecule has 0 aliphatic rings. The quantitative estimate of drug-likeness (QED) is 0.176.